The van der Waals surface area contributed by atoms with Gasteiger partial charge in [-0.25, -0.2) is 0 Å². The Bertz CT molecular complexity index is 467. The quantitative estimate of drug-likeness (QED) is 0.433. The van der Waals surface area contributed by atoms with E-state index in [1.165, 1.54) is 0 Å². The van der Waals surface area contributed by atoms with Crippen molar-refractivity contribution in [1.29, 1.82) is 0 Å². The van der Waals surface area contributed by atoms with Crippen molar-refractivity contribution in [3.63, 3.8) is 0 Å². The van der Waals surface area contributed by atoms with Gasteiger partial charge < -0.3 is 21.5 Å². The Kier molecular flexibility index (Phi) is 2.27. The lowest BCUT2D eigenvalue weighted by atomic mass is 9.92. The van der Waals surface area contributed by atoms with Gasteiger partial charge in [-0.2, -0.15) is 4.98 Å². The second-order valence-corrected chi connectivity index (χ2v) is 4.40. The van der Waals surface area contributed by atoms with Crippen LogP contribution < -0.4 is 21.9 Å². The average Bonchev–Trinajstić information content (AvgIpc) is 2.14. The number of nitrogens with one attached hydrogen (secondary N) is 3. The molecule has 1 unspecified atom stereocenters. The summed E-state index contributed by atoms with van der Waals surface area (Å²) >= 11 is 0. The zero-order valence-corrected chi connectivity index (χ0v) is 9.16. The zero-order chi connectivity index (χ0) is 11.9. The van der Waals surface area contributed by atoms with Crippen LogP contribution >= 0.6 is 0 Å². The van der Waals surface area contributed by atoms with Gasteiger partial charge in [0.1, 0.15) is 5.69 Å². The molecule has 2 heterocycles. The summed E-state index contributed by atoms with van der Waals surface area (Å²) in [5, 5.41) is 15.3. The summed E-state index contributed by atoms with van der Waals surface area (Å²) in [4.78, 5) is 18.0. The number of rotatable bonds is 1. The monoisotopic (exact) mass is 225 g/mol. The highest BCUT2D eigenvalue weighted by atomic mass is 16.3. The highest BCUT2D eigenvalue weighted by Gasteiger charge is 2.35. The van der Waals surface area contributed by atoms with Gasteiger partial charge in [-0.3, -0.25) is 9.78 Å². The third kappa shape index (κ3) is 1.58. The number of H-pyrrole nitrogens is 1. The molecule has 0 saturated heterocycles. The van der Waals surface area contributed by atoms with Gasteiger partial charge in [-0.05, 0) is 13.8 Å². The topological polar surface area (TPSA) is 116 Å². The van der Waals surface area contributed by atoms with Crippen molar-refractivity contribution in [2.45, 2.75) is 25.4 Å². The van der Waals surface area contributed by atoms with Gasteiger partial charge in [-0.15, -0.1) is 0 Å². The summed E-state index contributed by atoms with van der Waals surface area (Å²) < 4.78 is 0. The van der Waals surface area contributed by atoms with E-state index in [4.69, 9.17) is 5.73 Å². The van der Waals surface area contributed by atoms with Crippen molar-refractivity contribution >= 4 is 17.5 Å². The molecule has 0 aromatic carbocycles. The Morgan fingerprint density at radius 2 is 2.25 bits per heavy atom. The molecular formula is C9H15N5O2. The Labute approximate surface area is 92.1 Å². The van der Waals surface area contributed by atoms with Crippen molar-refractivity contribution < 1.29 is 5.11 Å². The summed E-state index contributed by atoms with van der Waals surface area (Å²) in [5.74, 6) is 0.479. The molecule has 1 atom stereocenters. The van der Waals surface area contributed by atoms with Gasteiger partial charge in [0.05, 0.1) is 18.2 Å². The van der Waals surface area contributed by atoms with Crippen LogP contribution in [-0.4, -0.2) is 33.3 Å². The number of fused-ring (bicyclic) bond motifs is 1. The maximum absolute atomic E-state index is 11.6. The third-order valence-corrected chi connectivity index (χ3v) is 2.75. The molecule has 2 rings (SSSR count). The first-order valence-electron chi connectivity index (χ1n) is 4.99. The predicted octanol–water partition coefficient (Wildman–Crippen LogP) is -0.671. The van der Waals surface area contributed by atoms with Crippen LogP contribution in [0.2, 0.25) is 0 Å². The maximum atomic E-state index is 11.6. The van der Waals surface area contributed by atoms with E-state index in [0.29, 0.717) is 11.5 Å². The molecule has 6 N–H and O–H groups in total. The number of aromatic nitrogens is 2. The summed E-state index contributed by atoms with van der Waals surface area (Å²) in [6.45, 7) is 3.73. The van der Waals surface area contributed by atoms with Crippen molar-refractivity contribution in [1.82, 2.24) is 9.97 Å². The average molecular weight is 225 g/mol. The first-order chi connectivity index (χ1) is 7.44. The van der Waals surface area contributed by atoms with Crippen LogP contribution in [0.1, 0.15) is 13.8 Å². The molecule has 7 heteroatoms. The summed E-state index contributed by atoms with van der Waals surface area (Å²) in [7, 11) is 0. The van der Waals surface area contributed by atoms with Crippen LogP contribution in [0.5, 0.6) is 0 Å². The standard InChI is InChI=1S/C9H15N5O2/c1-9(2)4(3-15)11-5-6(14-9)12-8(10)13-7(5)16/h4,11,15H,3H2,1-2H3,(H4,10,12,13,14,16). The molecule has 88 valence electrons. The van der Waals surface area contributed by atoms with E-state index in [0.717, 1.165) is 0 Å². The van der Waals surface area contributed by atoms with Crippen LogP contribution in [0.25, 0.3) is 0 Å². The smallest absolute Gasteiger partial charge is 0.277 e. The maximum Gasteiger partial charge on any atom is 0.277 e. The molecule has 1 aromatic heterocycles. The number of nitrogens with two attached hydrogens (primary N) is 1. The number of aliphatic hydroxyl groups is 1. The first-order valence-corrected chi connectivity index (χ1v) is 4.99. The number of anilines is 3. The van der Waals surface area contributed by atoms with Crippen molar-refractivity contribution in [3.8, 4) is 0 Å². The molecule has 7 nitrogen and oxygen atoms in total. The number of nitrogen functional groups attached to an aromatic ring is 1. The molecule has 1 aromatic rings. The van der Waals surface area contributed by atoms with E-state index in [-0.39, 0.29) is 24.2 Å². The van der Waals surface area contributed by atoms with Crippen LogP contribution in [0.3, 0.4) is 0 Å². The summed E-state index contributed by atoms with van der Waals surface area (Å²) in [6, 6.07) is -0.258. The Morgan fingerprint density at radius 3 is 2.88 bits per heavy atom. The summed E-state index contributed by atoms with van der Waals surface area (Å²) in [5.41, 5.74) is 5.02. The zero-order valence-electron chi connectivity index (χ0n) is 9.16. The molecule has 0 saturated carbocycles. The van der Waals surface area contributed by atoms with E-state index in [1.54, 1.807) is 0 Å². The largest absolute Gasteiger partial charge is 0.394 e. The number of aromatic amines is 1. The second kappa shape index (κ2) is 3.38. The van der Waals surface area contributed by atoms with Gasteiger partial charge in [0.15, 0.2) is 5.82 Å². The fourth-order valence-corrected chi connectivity index (χ4v) is 1.74. The van der Waals surface area contributed by atoms with Crippen LogP contribution in [-0.2, 0) is 0 Å². The minimum atomic E-state index is -0.408. The van der Waals surface area contributed by atoms with Crippen molar-refractivity contribution in [2.75, 3.05) is 23.0 Å². The molecule has 16 heavy (non-hydrogen) atoms. The molecule has 0 aliphatic carbocycles. The lowest BCUT2D eigenvalue weighted by Gasteiger charge is -2.40. The van der Waals surface area contributed by atoms with Gasteiger partial charge in [-0.1, -0.05) is 0 Å². The minimum absolute atomic E-state index is 0.0660. The van der Waals surface area contributed by atoms with Gasteiger partial charge in [0, 0.05) is 0 Å². The fraction of sp³-hybridized carbons (Fsp3) is 0.556. The molecular weight excluding hydrogens is 210 g/mol. The van der Waals surface area contributed by atoms with Crippen molar-refractivity contribution in [3.05, 3.63) is 10.4 Å². The minimum Gasteiger partial charge on any atom is -0.394 e. The van der Waals surface area contributed by atoms with E-state index in [1.807, 2.05) is 13.8 Å². The highest BCUT2D eigenvalue weighted by molar-refractivity contribution is 5.69. The normalized spacial score (nSPS) is 21.8. The Morgan fingerprint density at radius 1 is 1.56 bits per heavy atom. The fourth-order valence-electron chi connectivity index (χ4n) is 1.74. The van der Waals surface area contributed by atoms with E-state index >= 15 is 0 Å². The number of aliphatic hydroxyl groups excluding tert-OH is 1. The SMILES string of the molecule is CC1(C)Nc2nc(N)[nH]c(=O)c2NC1CO. The lowest BCUT2D eigenvalue weighted by Crippen LogP contribution is -2.54. The highest BCUT2D eigenvalue weighted by Crippen LogP contribution is 2.29. The molecule has 1 aliphatic heterocycles. The van der Waals surface area contributed by atoms with Gasteiger partial charge >= 0.3 is 0 Å². The number of hydrogen-bond donors (Lipinski definition) is 5. The van der Waals surface area contributed by atoms with Crippen LogP contribution in [0.15, 0.2) is 4.79 Å². The molecule has 0 bridgehead atoms. The second-order valence-electron chi connectivity index (χ2n) is 4.40. The van der Waals surface area contributed by atoms with Crippen LogP contribution in [0.4, 0.5) is 17.5 Å². The van der Waals surface area contributed by atoms with E-state index in [9.17, 15) is 9.90 Å². The Balaban J connectivity index is 2.51. The molecule has 1 aliphatic rings. The van der Waals surface area contributed by atoms with Gasteiger partial charge in [0.25, 0.3) is 5.56 Å². The first kappa shape index (κ1) is 10.7. The molecule has 0 radical (unpaired) electrons. The van der Waals surface area contributed by atoms with E-state index in [2.05, 4.69) is 20.6 Å². The third-order valence-electron chi connectivity index (χ3n) is 2.75. The Hall–Kier alpha value is -1.76. The summed E-state index contributed by atoms with van der Waals surface area (Å²) in [6.07, 6.45) is 0. The molecule has 0 spiro atoms. The lowest BCUT2D eigenvalue weighted by molar-refractivity contribution is 0.239. The van der Waals surface area contributed by atoms with Crippen molar-refractivity contribution in [2.24, 2.45) is 0 Å². The molecule has 0 fully saturated rings. The van der Waals surface area contributed by atoms with E-state index < -0.39 is 5.54 Å². The molecule has 0 amide bonds. The van der Waals surface area contributed by atoms with Crippen LogP contribution in [0, 0.1) is 0 Å². The number of nitrogens with zero attached hydrogens (tertiary/aromatic N) is 1. The van der Waals surface area contributed by atoms with Gasteiger partial charge in [0.2, 0.25) is 5.95 Å². The predicted molar refractivity (Wildman–Crippen MR) is 61.5 cm³/mol. The number of hydrogen-bond acceptors (Lipinski definition) is 6.